The lowest BCUT2D eigenvalue weighted by Gasteiger charge is -2.29. The molecule has 7 nitrogen and oxygen atoms in total. The van der Waals surface area contributed by atoms with Crippen molar-refractivity contribution in [3.8, 4) is 10.6 Å². The van der Waals surface area contributed by atoms with Gasteiger partial charge in [-0.1, -0.05) is 23.5 Å². The van der Waals surface area contributed by atoms with Crippen LogP contribution in [0.25, 0.3) is 21.3 Å². The van der Waals surface area contributed by atoms with Gasteiger partial charge in [-0.15, -0.1) is 10.2 Å². The summed E-state index contributed by atoms with van der Waals surface area (Å²) < 4.78 is 0. The van der Waals surface area contributed by atoms with E-state index in [0.29, 0.717) is 12.2 Å². The molecule has 0 radical (unpaired) electrons. The Kier molecular flexibility index (Phi) is 5.45. The number of carbonyl (C=O) groups is 1. The van der Waals surface area contributed by atoms with Crippen LogP contribution in [0.3, 0.4) is 0 Å². The van der Waals surface area contributed by atoms with E-state index in [1.165, 1.54) is 5.57 Å². The number of carbonyl (C=O) groups excluding carboxylic acids is 1. The topological polar surface area (TPSA) is 83.0 Å². The fraction of sp³-hybridized carbons (Fsp3) is 0.250. The molecule has 2 aliphatic rings. The standard InChI is InChI=1S/C24H24N6OS/c1-15-28-29-24(32-15)18-3-4-19-14-26-22(13-20(19)11-18)27-23(31)17-7-10-30(2)21(12-17)16-5-8-25-9-6-16/h3-5,8,11-14,25H,6-7,9-10H2,1-2H3,(H,26,27,31). The monoisotopic (exact) mass is 444 g/mol. The highest BCUT2D eigenvalue weighted by atomic mass is 32.1. The van der Waals surface area contributed by atoms with Crippen LogP contribution in [0.1, 0.15) is 17.8 Å². The largest absolute Gasteiger partial charge is 0.391 e. The molecule has 0 spiro atoms. The zero-order valence-electron chi connectivity index (χ0n) is 18.1. The van der Waals surface area contributed by atoms with E-state index in [1.54, 1.807) is 17.5 Å². The first-order chi connectivity index (χ1) is 15.6. The minimum Gasteiger partial charge on any atom is -0.391 e. The molecule has 0 saturated carbocycles. The van der Waals surface area contributed by atoms with E-state index in [0.717, 1.165) is 57.1 Å². The highest BCUT2D eigenvalue weighted by Gasteiger charge is 2.20. The first-order valence-electron chi connectivity index (χ1n) is 10.6. The fourth-order valence-corrected chi connectivity index (χ4v) is 4.66. The third-order valence-corrected chi connectivity index (χ3v) is 6.62. The Balaban J connectivity index is 1.40. The van der Waals surface area contributed by atoms with Gasteiger partial charge in [0.2, 0.25) is 0 Å². The van der Waals surface area contributed by atoms with E-state index >= 15 is 0 Å². The maximum atomic E-state index is 13.0. The van der Waals surface area contributed by atoms with Crippen molar-refractivity contribution in [3.05, 3.63) is 70.7 Å². The summed E-state index contributed by atoms with van der Waals surface area (Å²) in [5, 5.41) is 18.4. The number of amides is 1. The minimum absolute atomic E-state index is 0.100. The zero-order chi connectivity index (χ0) is 22.1. The summed E-state index contributed by atoms with van der Waals surface area (Å²) in [6.45, 7) is 3.67. The molecule has 5 rings (SSSR count). The van der Waals surface area contributed by atoms with Crippen LogP contribution in [0.4, 0.5) is 5.82 Å². The van der Waals surface area contributed by atoms with E-state index in [-0.39, 0.29) is 5.91 Å². The molecule has 1 aromatic carbocycles. The van der Waals surface area contributed by atoms with Gasteiger partial charge < -0.3 is 15.5 Å². The average molecular weight is 445 g/mol. The van der Waals surface area contributed by atoms with Gasteiger partial charge in [0, 0.05) is 48.6 Å². The van der Waals surface area contributed by atoms with Crippen LogP contribution in [0.2, 0.25) is 0 Å². The van der Waals surface area contributed by atoms with E-state index in [9.17, 15) is 4.79 Å². The first kappa shape index (κ1) is 20.4. The Morgan fingerprint density at radius 2 is 2.09 bits per heavy atom. The van der Waals surface area contributed by atoms with Crippen LogP contribution in [-0.2, 0) is 4.79 Å². The Morgan fingerprint density at radius 3 is 2.88 bits per heavy atom. The van der Waals surface area contributed by atoms with Gasteiger partial charge in [0.05, 0.1) is 0 Å². The number of hydrogen-bond acceptors (Lipinski definition) is 7. The molecule has 0 aliphatic carbocycles. The van der Waals surface area contributed by atoms with Crippen molar-refractivity contribution in [2.45, 2.75) is 19.8 Å². The third-order valence-electron chi connectivity index (χ3n) is 5.74. The van der Waals surface area contributed by atoms with Gasteiger partial charge in [-0.2, -0.15) is 0 Å². The van der Waals surface area contributed by atoms with Crippen molar-refractivity contribution < 1.29 is 4.79 Å². The second-order valence-corrected chi connectivity index (χ2v) is 9.18. The molecular formula is C24H24N6OS. The third kappa shape index (κ3) is 4.13. The lowest BCUT2D eigenvalue weighted by Crippen LogP contribution is -2.29. The summed E-state index contributed by atoms with van der Waals surface area (Å²) in [6, 6.07) is 8.02. The Bertz CT molecular complexity index is 1290. The molecule has 162 valence electrons. The fourth-order valence-electron chi connectivity index (χ4n) is 3.97. The van der Waals surface area contributed by atoms with Gasteiger partial charge in [-0.05, 0) is 61.2 Å². The molecule has 0 bridgehead atoms. The van der Waals surface area contributed by atoms with Gasteiger partial charge in [-0.25, -0.2) is 4.98 Å². The second kappa shape index (κ2) is 8.55. The van der Waals surface area contributed by atoms with Crippen LogP contribution in [0.15, 0.2) is 65.7 Å². The number of nitrogens with zero attached hydrogens (tertiary/aromatic N) is 4. The maximum absolute atomic E-state index is 13.0. The molecule has 8 heteroatoms. The summed E-state index contributed by atoms with van der Waals surface area (Å²) in [7, 11) is 2.07. The van der Waals surface area contributed by atoms with Crippen LogP contribution < -0.4 is 10.6 Å². The molecule has 3 aromatic rings. The molecule has 2 aromatic heterocycles. The molecule has 2 N–H and O–H groups in total. The molecule has 0 unspecified atom stereocenters. The molecule has 0 saturated heterocycles. The minimum atomic E-state index is -0.100. The number of rotatable bonds is 3. The highest BCUT2D eigenvalue weighted by Crippen LogP contribution is 2.28. The number of nitrogens with one attached hydrogen (secondary N) is 2. The van der Waals surface area contributed by atoms with Gasteiger partial charge in [0.25, 0.3) is 5.91 Å². The van der Waals surface area contributed by atoms with Gasteiger partial charge in [-0.3, -0.25) is 4.79 Å². The number of aromatic nitrogens is 3. The van der Waals surface area contributed by atoms with Crippen LogP contribution in [0.5, 0.6) is 0 Å². The summed E-state index contributed by atoms with van der Waals surface area (Å²) in [5.74, 6) is 0.445. The number of likely N-dealkylation sites (N-methyl/N-ethyl adjacent to an activating group) is 1. The lowest BCUT2D eigenvalue weighted by atomic mass is 9.99. The number of benzene rings is 1. The summed E-state index contributed by atoms with van der Waals surface area (Å²) in [6.07, 6.45) is 9.52. The molecular weight excluding hydrogens is 420 g/mol. The number of aryl methyl sites for hydroxylation is 1. The zero-order valence-corrected chi connectivity index (χ0v) is 18.9. The van der Waals surface area contributed by atoms with Crippen molar-refractivity contribution in [1.82, 2.24) is 25.4 Å². The van der Waals surface area contributed by atoms with Crippen LogP contribution in [-0.4, -0.2) is 46.1 Å². The number of hydrogen-bond donors (Lipinski definition) is 2. The molecule has 2 aliphatic heterocycles. The van der Waals surface area contributed by atoms with Crippen molar-refractivity contribution in [3.63, 3.8) is 0 Å². The smallest absolute Gasteiger partial charge is 0.252 e. The molecule has 0 fully saturated rings. The van der Waals surface area contributed by atoms with Crippen molar-refractivity contribution in [1.29, 1.82) is 0 Å². The number of fused-ring (bicyclic) bond motifs is 1. The number of pyridine rings is 1. The van der Waals surface area contributed by atoms with Crippen LogP contribution in [0, 0.1) is 6.92 Å². The summed E-state index contributed by atoms with van der Waals surface area (Å²) in [4.78, 5) is 19.7. The van der Waals surface area contributed by atoms with Crippen LogP contribution >= 0.6 is 11.3 Å². The molecule has 4 heterocycles. The second-order valence-electron chi connectivity index (χ2n) is 8.00. The van der Waals surface area contributed by atoms with Crippen molar-refractivity contribution in [2.24, 2.45) is 0 Å². The normalized spacial score (nSPS) is 18.4. The van der Waals surface area contributed by atoms with E-state index < -0.39 is 0 Å². The van der Waals surface area contributed by atoms with E-state index in [2.05, 4.69) is 49.9 Å². The first-order valence-corrected chi connectivity index (χ1v) is 11.4. The molecule has 0 atom stereocenters. The SMILES string of the molecule is Cc1nnc(-c2ccc3cnc(NC(=O)C4=CC(=C5C=CNCC5)N(C)CC4)cc3c2)s1. The van der Waals surface area contributed by atoms with E-state index in [4.69, 9.17) is 0 Å². The summed E-state index contributed by atoms with van der Waals surface area (Å²) in [5.41, 5.74) is 4.15. The van der Waals surface area contributed by atoms with Gasteiger partial charge >= 0.3 is 0 Å². The maximum Gasteiger partial charge on any atom is 0.252 e. The van der Waals surface area contributed by atoms with Gasteiger partial charge in [0.15, 0.2) is 0 Å². The number of allylic oxidation sites excluding steroid dienone is 2. The molecule has 32 heavy (non-hydrogen) atoms. The molecule has 1 amide bonds. The Hall–Kier alpha value is -3.52. The highest BCUT2D eigenvalue weighted by molar-refractivity contribution is 7.14. The average Bonchev–Trinajstić information content (AvgIpc) is 3.25. The predicted molar refractivity (Wildman–Crippen MR) is 128 cm³/mol. The Labute approximate surface area is 190 Å². The quantitative estimate of drug-likeness (QED) is 0.635. The van der Waals surface area contributed by atoms with E-state index in [1.807, 2.05) is 37.4 Å². The predicted octanol–water partition coefficient (Wildman–Crippen LogP) is 4.02. The van der Waals surface area contributed by atoms with Crippen molar-refractivity contribution in [2.75, 3.05) is 25.5 Å². The number of anilines is 1. The summed E-state index contributed by atoms with van der Waals surface area (Å²) >= 11 is 1.56. The van der Waals surface area contributed by atoms with Crippen molar-refractivity contribution >= 4 is 33.8 Å². The Morgan fingerprint density at radius 1 is 1.19 bits per heavy atom. The lowest BCUT2D eigenvalue weighted by molar-refractivity contribution is -0.113. The van der Waals surface area contributed by atoms with Gasteiger partial charge in [0.1, 0.15) is 15.8 Å².